The van der Waals surface area contributed by atoms with Crippen LogP contribution in [0.5, 0.6) is 0 Å². The van der Waals surface area contributed by atoms with Crippen LogP contribution in [-0.4, -0.2) is 43.8 Å². The van der Waals surface area contributed by atoms with E-state index < -0.39 is 34.3 Å². The molecule has 0 aliphatic heterocycles. The molecule has 1 N–H and O–H groups in total. The number of nitrogens with zero attached hydrogens (tertiary/aromatic N) is 2. The van der Waals surface area contributed by atoms with Crippen molar-refractivity contribution in [2.45, 2.75) is 69.5 Å². The molecule has 1 aliphatic rings. The Morgan fingerprint density at radius 1 is 0.976 bits per heavy atom. The van der Waals surface area contributed by atoms with Crippen LogP contribution >= 0.6 is 11.6 Å². The minimum atomic E-state index is -4.26. The molecule has 7 nitrogen and oxygen atoms in total. The maximum Gasteiger partial charge on any atom is 0.264 e. The van der Waals surface area contributed by atoms with E-state index in [4.69, 9.17) is 11.6 Å². The normalized spacial score (nSPS) is 14.4. The van der Waals surface area contributed by atoms with Gasteiger partial charge in [0.2, 0.25) is 11.8 Å². The highest BCUT2D eigenvalue weighted by Gasteiger charge is 2.34. The van der Waals surface area contributed by atoms with Crippen molar-refractivity contribution in [2.75, 3.05) is 10.8 Å². The summed E-state index contributed by atoms with van der Waals surface area (Å²) in [4.78, 5) is 28.9. The Morgan fingerprint density at radius 3 is 2.17 bits per heavy atom. The van der Waals surface area contributed by atoms with Crippen LogP contribution in [0.3, 0.4) is 0 Å². The molecule has 1 fully saturated rings. The van der Waals surface area contributed by atoms with Gasteiger partial charge in [-0.05, 0) is 80.3 Å². The van der Waals surface area contributed by atoms with Crippen LogP contribution in [0.25, 0.3) is 0 Å². The monoisotopic (exact) mass is 599 g/mol. The molecule has 0 spiro atoms. The predicted octanol–water partition coefficient (Wildman–Crippen LogP) is 5.85. The Morgan fingerprint density at radius 2 is 1.59 bits per heavy atom. The summed E-state index contributed by atoms with van der Waals surface area (Å²) >= 11 is 6.07. The molecule has 3 aromatic rings. The molecule has 0 saturated heterocycles. The molecule has 4 rings (SSSR count). The number of carbonyl (C=O) groups is 2. The van der Waals surface area contributed by atoms with Crippen LogP contribution in [0.15, 0.2) is 77.7 Å². The molecule has 0 bridgehead atoms. The van der Waals surface area contributed by atoms with E-state index in [1.165, 1.54) is 17.0 Å². The zero-order chi connectivity index (χ0) is 29.6. The topological polar surface area (TPSA) is 86.8 Å². The highest BCUT2D eigenvalue weighted by Crippen LogP contribution is 2.26. The first kappa shape index (κ1) is 30.5. The van der Waals surface area contributed by atoms with Crippen molar-refractivity contribution >= 4 is 39.1 Å². The summed E-state index contributed by atoms with van der Waals surface area (Å²) in [6.45, 7) is 3.24. The molecule has 0 unspecified atom stereocenters. The van der Waals surface area contributed by atoms with Gasteiger partial charge in [0.05, 0.1) is 10.6 Å². The fourth-order valence-electron chi connectivity index (χ4n) is 5.05. The third-order valence-electron chi connectivity index (χ3n) is 7.36. The Balaban J connectivity index is 1.70. The van der Waals surface area contributed by atoms with Crippen molar-refractivity contribution in [1.82, 2.24) is 10.2 Å². The molecule has 41 heavy (non-hydrogen) atoms. The molecular formula is C31H35ClFN3O4S. The molecule has 0 radical (unpaired) electrons. The second-order valence-electron chi connectivity index (χ2n) is 10.4. The lowest BCUT2D eigenvalue weighted by atomic mass is 10.1. The first-order valence-corrected chi connectivity index (χ1v) is 15.6. The molecule has 1 aliphatic carbocycles. The molecule has 0 heterocycles. The van der Waals surface area contributed by atoms with Gasteiger partial charge in [-0.1, -0.05) is 61.2 Å². The predicted molar refractivity (Wildman–Crippen MR) is 159 cm³/mol. The SMILES string of the molecule is CC[C@H](C(=O)NC1CCCC1)N(Cc1ccc(Cl)cc1)C(=O)CN(c1ccc(C)cc1)S(=O)(=O)c1ccc(F)cc1. The van der Waals surface area contributed by atoms with E-state index in [0.29, 0.717) is 11.4 Å². The van der Waals surface area contributed by atoms with E-state index in [1.807, 2.05) is 13.8 Å². The van der Waals surface area contributed by atoms with Crippen molar-refractivity contribution in [1.29, 1.82) is 0 Å². The lowest BCUT2D eigenvalue weighted by Crippen LogP contribution is -2.53. The molecule has 1 atom stereocenters. The number of halogens is 2. The van der Waals surface area contributed by atoms with Gasteiger partial charge in [0.15, 0.2) is 0 Å². The average molecular weight is 600 g/mol. The summed E-state index contributed by atoms with van der Waals surface area (Å²) in [5.74, 6) is -1.38. The Kier molecular flexibility index (Phi) is 10.0. The van der Waals surface area contributed by atoms with Crippen molar-refractivity contribution in [3.05, 3.63) is 94.8 Å². The number of hydrogen-bond acceptors (Lipinski definition) is 4. The summed E-state index contributed by atoms with van der Waals surface area (Å²) < 4.78 is 42.3. The molecular weight excluding hydrogens is 565 g/mol. The van der Waals surface area contributed by atoms with Gasteiger partial charge in [-0.3, -0.25) is 13.9 Å². The van der Waals surface area contributed by atoms with Gasteiger partial charge in [-0.2, -0.15) is 0 Å². The third kappa shape index (κ3) is 7.65. The van der Waals surface area contributed by atoms with Crippen molar-refractivity contribution in [2.24, 2.45) is 0 Å². The Bertz CT molecular complexity index is 1440. The van der Waals surface area contributed by atoms with Crippen molar-refractivity contribution < 1.29 is 22.4 Å². The Labute approximate surface area is 246 Å². The first-order chi connectivity index (χ1) is 19.6. The van der Waals surface area contributed by atoms with Gasteiger partial charge in [-0.25, -0.2) is 12.8 Å². The fourth-order valence-corrected chi connectivity index (χ4v) is 6.59. The summed E-state index contributed by atoms with van der Waals surface area (Å²) in [6, 6.07) is 17.4. The van der Waals surface area contributed by atoms with Gasteiger partial charge in [0.1, 0.15) is 18.4 Å². The lowest BCUT2D eigenvalue weighted by Gasteiger charge is -2.33. The van der Waals surface area contributed by atoms with E-state index in [1.54, 1.807) is 48.5 Å². The smallest absolute Gasteiger partial charge is 0.264 e. The highest BCUT2D eigenvalue weighted by atomic mass is 35.5. The number of hydrogen-bond donors (Lipinski definition) is 1. The van der Waals surface area contributed by atoms with Gasteiger partial charge >= 0.3 is 0 Å². The number of rotatable bonds is 11. The maximum absolute atomic E-state index is 14.1. The van der Waals surface area contributed by atoms with Crippen LogP contribution in [0.4, 0.5) is 10.1 Å². The van der Waals surface area contributed by atoms with Crippen LogP contribution in [0, 0.1) is 12.7 Å². The van der Waals surface area contributed by atoms with E-state index >= 15 is 0 Å². The summed E-state index contributed by atoms with van der Waals surface area (Å²) in [5, 5.41) is 3.63. The van der Waals surface area contributed by atoms with Crippen molar-refractivity contribution in [3.63, 3.8) is 0 Å². The molecule has 10 heteroatoms. The van der Waals surface area contributed by atoms with Gasteiger partial charge < -0.3 is 10.2 Å². The second-order valence-corrected chi connectivity index (χ2v) is 12.7. The number of nitrogens with one attached hydrogen (secondary N) is 1. The van der Waals surface area contributed by atoms with Crippen LogP contribution in [0.2, 0.25) is 5.02 Å². The zero-order valence-corrected chi connectivity index (χ0v) is 24.8. The number of anilines is 1. The summed E-state index contributed by atoms with van der Waals surface area (Å²) in [7, 11) is -4.26. The van der Waals surface area contributed by atoms with Crippen LogP contribution < -0.4 is 9.62 Å². The van der Waals surface area contributed by atoms with E-state index in [-0.39, 0.29) is 29.1 Å². The lowest BCUT2D eigenvalue weighted by molar-refractivity contribution is -0.140. The molecule has 2 amide bonds. The summed E-state index contributed by atoms with van der Waals surface area (Å²) in [6.07, 6.45) is 4.21. The standard InChI is InChI=1S/C31H35ClFN3O4S/c1-3-29(31(38)34-26-6-4-5-7-26)35(20-23-10-12-24(32)13-11-23)30(37)21-36(27-16-8-22(2)9-17-27)41(39,40)28-18-14-25(33)15-19-28/h8-19,26,29H,3-7,20-21H2,1-2H3,(H,34,38)/t29-/m1/s1. The van der Waals surface area contributed by atoms with Crippen LogP contribution in [-0.2, 0) is 26.2 Å². The van der Waals surface area contributed by atoms with Crippen LogP contribution in [0.1, 0.15) is 50.2 Å². The van der Waals surface area contributed by atoms with Gasteiger partial charge in [0.25, 0.3) is 10.0 Å². The number of aryl methyl sites for hydroxylation is 1. The minimum absolute atomic E-state index is 0.0620. The molecule has 0 aromatic heterocycles. The largest absolute Gasteiger partial charge is 0.352 e. The third-order valence-corrected chi connectivity index (χ3v) is 9.40. The summed E-state index contributed by atoms with van der Waals surface area (Å²) in [5.41, 5.74) is 1.94. The number of benzene rings is 3. The quantitative estimate of drug-likeness (QED) is 0.300. The number of sulfonamides is 1. The number of carbonyl (C=O) groups excluding carboxylic acids is 2. The Hall–Kier alpha value is -3.43. The first-order valence-electron chi connectivity index (χ1n) is 13.8. The molecule has 1 saturated carbocycles. The fraction of sp³-hybridized carbons (Fsp3) is 0.355. The van der Waals surface area contributed by atoms with Crippen molar-refractivity contribution in [3.8, 4) is 0 Å². The van der Waals surface area contributed by atoms with E-state index in [9.17, 15) is 22.4 Å². The molecule has 218 valence electrons. The maximum atomic E-state index is 14.1. The average Bonchev–Trinajstić information content (AvgIpc) is 3.46. The zero-order valence-electron chi connectivity index (χ0n) is 23.2. The highest BCUT2D eigenvalue weighted by molar-refractivity contribution is 7.92. The number of amides is 2. The second kappa shape index (κ2) is 13.5. The van der Waals surface area contributed by atoms with Gasteiger partial charge in [-0.15, -0.1) is 0 Å². The molecule has 3 aromatic carbocycles. The van der Waals surface area contributed by atoms with Gasteiger partial charge in [0, 0.05) is 17.6 Å². The van der Waals surface area contributed by atoms with E-state index in [0.717, 1.165) is 53.2 Å². The minimum Gasteiger partial charge on any atom is -0.352 e. The van der Waals surface area contributed by atoms with E-state index in [2.05, 4.69) is 5.32 Å².